The van der Waals surface area contributed by atoms with Gasteiger partial charge in [0.25, 0.3) is 0 Å². The van der Waals surface area contributed by atoms with E-state index < -0.39 is 0 Å². The van der Waals surface area contributed by atoms with E-state index in [0.29, 0.717) is 11.1 Å². The molecule has 2 heterocycles. The Morgan fingerprint density at radius 1 is 1.22 bits per heavy atom. The van der Waals surface area contributed by atoms with E-state index in [1.165, 1.54) is 23.5 Å². The first kappa shape index (κ1) is 16.2. The number of nitrogens with one attached hydrogen (secondary N) is 2. The standard InChI is InChI=1S/C17H19N3OS2/c21-17(19-12-13-4-2-7-18-11-13)20-15-6-1-5-14(10-15)16-22-8-3-9-23-16/h1-2,4-7,10-11,16H,3,8-9,12H2,(H2,19,20,21). The molecule has 23 heavy (non-hydrogen) atoms. The summed E-state index contributed by atoms with van der Waals surface area (Å²) in [4.78, 5) is 16.1. The molecule has 1 aromatic heterocycles. The average Bonchev–Trinajstić information content (AvgIpc) is 2.62. The second kappa shape index (κ2) is 8.26. The molecule has 1 aromatic carbocycles. The molecule has 1 aliphatic heterocycles. The number of nitrogens with zero attached hydrogens (tertiary/aromatic N) is 1. The molecule has 0 unspecified atom stereocenters. The Hall–Kier alpha value is -1.66. The van der Waals surface area contributed by atoms with Gasteiger partial charge in [0.1, 0.15) is 0 Å². The van der Waals surface area contributed by atoms with Crippen molar-refractivity contribution in [3.63, 3.8) is 0 Å². The van der Waals surface area contributed by atoms with Crippen LogP contribution >= 0.6 is 23.5 Å². The summed E-state index contributed by atoms with van der Waals surface area (Å²) < 4.78 is 0.476. The highest BCUT2D eigenvalue weighted by atomic mass is 32.2. The van der Waals surface area contributed by atoms with Crippen LogP contribution < -0.4 is 10.6 Å². The van der Waals surface area contributed by atoms with Crippen LogP contribution in [0, 0.1) is 0 Å². The van der Waals surface area contributed by atoms with E-state index in [9.17, 15) is 4.79 Å². The molecule has 1 aliphatic rings. The van der Waals surface area contributed by atoms with Gasteiger partial charge >= 0.3 is 6.03 Å². The lowest BCUT2D eigenvalue weighted by Gasteiger charge is -2.21. The SMILES string of the molecule is O=C(NCc1cccnc1)Nc1cccc(C2SCCCS2)c1. The molecule has 4 nitrogen and oxygen atoms in total. The van der Waals surface area contributed by atoms with Crippen molar-refractivity contribution in [2.75, 3.05) is 16.8 Å². The summed E-state index contributed by atoms with van der Waals surface area (Å²) in [6.07, 6.45) is 4.75. The molecule has 0 bridgehead atoms. The molecular formula is C17H19N3OS2. The summed E-state index contributed by atoms with van der Waals surface area (Å²) in [5.41, 5.74) is 3.08. The number of urea groups is 1. The number of carbonyl (C=O) groups is 1. The smallest absolute Gasteiger partial charge is 0.319 e. The molecule has 120 valence electrons. The van der Waals surface area contributed by atoms with Crippen LogP contribution in [0.15, 0.2) is 48.8 Å². The first-order chi connectivity index (χ1) is 11.3. The van der Waals surface area contributed by atoms with Crippen LogP contribution in [-0.2, 0) is 6.54 Å². The molecule has 3 rings (SSSR count). The minimum atomic E-state index is -0.199. The minimum Gasteiger partial charge on any atom is -0.334 e. The molecule has 2 amide bonds. The van der Waals surface area contributed by atoms with Crippen LogP contribution in [0.25, 0.3) is 0 Å². The zero-order valence-electron chi connectivity index (χ0n) is 12.7. The maximum atomic E-state index is 12.0. The van der Waals surface area contributed by atoms with Crippen LogP contribution in [0.1, 0.15) is 22.1 Å². The highest BCUT2D eigenvalue weighted by Gasteiger charge is 2.16. The van der Waals surface area contributed by atoms with Crippen molar-refractivity contribution in [3.8, 4) is 0 Å². The zero-order valence-corrected chi connectivity index (χ0v) is 14.3. The fraction of sp³-hybridized carbons (Fsp3) is 0.294. The van der Waals surface area contributed by atoms with Gasteiger partial charge in [0.15, 0.2) is 0 Å². The maximum absolute atomic E-state index is 12.0. The Morgan fingerprint density at radius 2 is 2.09 bits per heavy atom. The van der Waals surface area contributed by atoms with E-state index in [4.69, 9.17) is 0 Å². The number of rotatable bonds is 4. The van der Waals surface area contributed by atoms with E-state index in [2.05, 4.69) is 27.8 Å². The largest absolute Gasteiger partial charge is 0.334 e. The summed E-state index contributed by atoms with van der Waals surface area (Å²) in [7, 11) is 0. The van der Waals surface area contributed by atoms with Crippen molar-refractivity contribution in [2.24, 2.45) is 0 Å². The molecule has 0 spiro atoms. The first-order valence-corrected chi connectivity index (χ1v) is 9.68. The minimum absolute atomic E-state index is 0.199. The molecule has 1 saturated heterocycles. The van der Waals surface area contributed by atoms with Gasteiger partial charge in [0.2, 0.25) is 0 Å². The van der Waals surface area contributed by atoms with Crippen LogP contribution in [0.4, 0.5) is 10.5 Å². The third-order valence-corrected chi connectivity index (χ3v) is 6.43. The van der Waals surface area contributed by atoms with Gasteiger partial charge in [-0.15, -0.1) is 23.5 Å². The highest BCUT2D eigenvalue weighted by Crippen LogP contribution is 2.43. The summed E-state index contributed by atoms with van der Waals surface area (Å²) >= 11 is 3.96. The molecule has 6 heteroatoms. The number of thioether (sulfide) groups is 2. The number of amides is 2. The Bertz CT molecular complexity index is 645. The number of hydrogen-bond acceptors (Lipinski definition) is 4. The quantitative estimate of drug-likeness (QED) is 0.869. The predicted octanol–water partition coefficient (Wildman–Crippen LogP) is 4.27. The van der Waals surface area contributed by atoms with Crippen LogP contribution in [0.5, 0.6) is 0 Å². The Labute approximate surface area is 144 Å². The Morgan fingerprint density at radius 3 is 2.87 bits per heavy atom. The predicted molar refractivity (Wildman–Crippen MR) is 98.8 cm³/mol. The summed E-state index contributed by atoms with van der Waals surface area (Å²) in [6, 6.07) is 11.7. The van der Waals surface area contributed by atoms with Crippen molar-refractivity contribution in [1.82, 2.24) is 10.3 Å². The average molecular weight is 345 g/mol. The van der Waals surface area contributed by atoms with E-state index in [0.717, 1.165) is 11.3 Å². The van der Waals surface area contributed by atoms with Crippen molar-refractivity contribution in [2.45, 2.75) is 17.5 Å². The fourth-order valence-corrected chi connectivity index (χ4v) is 5.18. The van der Waals surface area contributed by atoms with E-state index >= 15 is 0 Å². The lowest BCUT2D eigenvalue weighted by molar-refractivity contribution is 0.251. The second-order valence-electron chi connectivity index (χ2n) is 5.22. The number of aromatic nitrogens is 1. The van der Waals surface area contributed by atoms with Gasteiger partial charge in [-0.2, -0.15) is 0 Å². The number of pyridine rings is 1. The molecular weight excluding hydrogens is 326 g/mol. The lowest BCUT2D eigenvalue weighted by Crippen LogP contribution is -2.28. The second-order valence-corrected chi connectivity index (χ2v) is 7.95. The number of carbonyl (C=O) groups excluding carboxylic acids is 1. The lowest BCUT2D eigenvalue weighted by atomic mass is 10.2. The monoisotopic (exact) mass is 345 g/mol. The fourth-order valence-electron chi connectivity index (χ4n) is 2.30. The van der Waals surface area contributed by atoms with E-state index in [-0.39, 0.29) is 6.03 Å². The topological polar surface area (TPSA) is 54.0 Å². The van der Waals surface area contributed by atoms with Crippen molar-refractivity contribution in [1.29, 1.82) is 0 Å². The van der Waals surface area contributed by atoms with E-state index in [1.807, 2.05) is 47.8 Å². The third kappa shape index (κ3) is 4.91. The van der Waals surface area contributed by atoms with Gasteiger partial charge in [-0.05, 0) is 47.3 Å². The zero-order chi connectivity index (χ0) is 15.9. The van der Waals surface area contributed by atoms with E-state index in [1.54, 1.807) is 12.4 Å². The number of hydrogen-bond donors (Lipinski definition) is 2. The summed E-state index contributed by atoms with van der Waals surface area (Å²) in [5, 5.41) is 5.75. The number of benzene rings is 1. The molecule has 2 aromatic rings. The summed E-state index contributed by atoms with van der Waals surface area (Å²) in [6.45, 7) is 0.466. The normalized spacial score (nSPS) is 15.1. The van der Waals surface area contributed by atoms with Crippen molar-refractivity contribution < 1.29 is 4.79 Å². The first-order valence-electron chi connectivity index (χ1n) is 7.58. The van der Waals surface area contributed by atoms with Gasteiger partial charge in [-0.3, -0.25) is 4.98 Å². The highest BCUT2D eigenvalue weighted by molar-refractivity contribution is 8.16. The molecule has 2 N–H and O–H groups in total. The molecule has 0 aliphatic carbocycles. The van der Waals surface area contributed by atoms with Crippen molar-refractivity contribution >= 4 is 35.2 Å². The molecule has 0 saturated carbocycles. The Kier molecular flexibility index (Phi) is 5.82. The van der Waals surface area contributed by atoms with Crippen molar-refractivity contribution in [3.05, 3.63) is 59.9 Å². The van der Waals surface area contributed by atoms with Crippen LogP contribution in [0.2, 0.25) is 0 Å². The maximum Gasteiger partial charge on any atom is 0.319 e. The molecule has 0 atom stereocenters. The number of anilines is 1. The van der Waals surface area contributed by atoms with Gasteiger partial charge in [-0.25, -0.2) is 4.79 Å². The van der Waals surface area contributed by atoms with Gasteiger partial charge in [-0.1, -0.05) is 18.2 Å². The Balaban J connectivity index is 1.55. The van der Waals surface area contributed by atoms with Gasteiger partial charge in [0.05, 0.1) is 4.58 Å². The van der Waals surface area contributed by atoms with Crippen LogP contribution in [-0.4, -0.2) is 22.5 Å². The molecule has 0 radical (unpaired) electrons. The van der Waals surface area contributed by atoms with Crippen LogP contribution in [0.3, 0.4) is 0 Å². The summed E-state index contributed by atoms with van der Waals surface area (Å²) in [5.74, 6) is 2.42. The molecule has 1 fully saturated rings. The van der Waals surface area contributed by atoms with Gasteiger partial charge < -0.3 is 10.6 Å². The third-order valence-electron chi connectivity index (χ3n) is 3.42. The van der Waals surface area contributed by atoms with Gasteiger partial charge in [0, 0.05) is 24.6 Å².